The van der Waals surface area contributed by atoms with Crippen molar-refractivity contribution in [3.05, 3.63) is 49.6 Å². The summed E-state index contributed by atoms with van der Waals surface area (Å²) in [6.07, 6.45) is -0.383. The summed E-state index contributed by atoms with van der Waals surface area (Å²) in [6, 6.07) is 6.52. The topological polar surface area (TPSA) is 66.4 Å². The van der Waals surface area contributed by atoms with Gasteiger partial charge in [0.25, 0.3) is 5.91 Å². The number of Topliss-reactive ketones (excluding diaryl/α,β-unsaturated/α-hetero) is 1. The number of ketones is 1. The lowest BCUT2D eigenvalue weighted by Gasteiger charge is -2.20. The van der Waals surface area contributed by atoms with E-state index in [0.29, 0.717) is 14.9 Å². The Balaban J connectivity index is 2.02. The second kappa shape index (κ2) is 5.35. The molecule has 0 fully saturated rings. The third kappa shape index (κ3) is 2.34. The number of nitrogens with one attached hydrogen (secondary N) is 1. The van der Waals surface area contributed by atoms with E-state index in [9.17, 15) is 14.7 Å². The Bertz CT molecular complexity index is 802. The highest BCUT2D eigenvalue weighted by Crippen LogP contribution is 2.45. The first kappa shape index (κ1) is 15.5. The van der Waals surface area contributed by atoms with Gasteiger partial charge in [-0.2, -0.15) is 0 Å². The first-order chi connectivity index (χ1) is 10.3. The maximum atomic E-state index is 12.3. The van der Waals surface area contributed by atoms with Crippen molar-refractivity contribution >= 4 is 51.9 Å². The number of carbonyl (C=O) groups excluding carboxylic acids is 2. The number of thiophene rings is 1. The molecule has 4 nitrogen and oxygen atoms in total. The molecule has 0 spiro atoms. The quantitative estimate of drug-likeness (QED) is 0.823. The molecule has 1 amide bonds. The summed E-state index contributed by atoms with van der Waals surface area (Å²) >= 11 is 13.1. The summed E-state index contributed by atoms with van der Waals surface area (Å²) in [5.74, 6) is -1.00. The van der Waals surface area contributed by atoms with Crippen LogP contribution in [-0.4, -0.2) is 16.8 Å². The minimum Gasteiger partial charge on any atom is -0.375 e. The zero-order chi connectivity index (χ0) is 16.1. The Morgan fingerprint density at radius 1 is 1.32 bits per heavy atom. The van der Waals surface area contributed by atoms with E-state index in [1.807, 2.05) is 0 Å². The first-order valence-corrected chi connectivity index (χ1v) is 8.02. The van der Waals surface area contributed by atoms with Gasteiger partial charge in [-0.15, -0.1) is 11.3 Å². The highest BCUT2D eigenvalue weighted by atomic mass is 35.5. The molecule has 0 radical (unpaired) electrons. The van der Waals surface area contributed by atoms with Crippen LogP contribution in [0.2, 0.25) is 9.36 Å². The lowest BCUT2D eigenvalue weighted by Crippen LogP contribution is -2.36. The highest BCUT2D eigenvalue weighted by molar-refractivity contribution is 7.18. The molecule has 0 unspecified atom stereocenters. The van der Waals surface area contributed by atoms with Crippen LogP contribution >= 0.6 is 34.5 Å². The summed E-state index contributed by atoms with van der Waals surface area (Å²) in [6.45, 7) is 1.79. The normalized spacial score (nSPS) is 19.9. The van der Waals surface area contributed by atoms with Crippen LogP contribution in [0.3, 0.4) is 0 Å². The predicted octanol–water partition coefficient (Wildman–Crippen LogP) is 3.78. The number of aryl methyl sites for hydroxylation is 1. The zero-order valence-electron chi connectivity index (χ0n) is 11.4. The van der Waals surface area contributed by atoms with E-state index in [2.05, 4.69) is 5.32 Å². The molecular weight excluding hydrogens is 345 g/mol. The molecule has 0 saturated heterocycles. The van der Waals surface area contributed by atoms with Gasteiger partial charge in [-0.05, 0) is 30.7 Å². The van der Waals surface area contributed by atoms with Crippen molar-refractivity contribution in [1.29, 1.82) is 0 Å². The van der Waals surface area contributed by atoms with Crippen molar-refractivity contribution in [2.75, 3.05) is 5.32 Å². The third-order valence-electron chi connectivity index (χ3n) is 3.65. The van der Waals surface area contributed by atoms with E-state index >= 15 is 0 Å². The van der Waals surface area contributed by atoms with Gasteiger partial charge in [0.1, 0.15) is 0 Å². The van der Waals surface area contributed by atoms with Gasteiger partial charge in [0.15, 0.2) is 11.4 Å². The monoisotopic (exact) mass is 355 g/mol. The summed E-state index contributed by atoms with van der Waals surface area (Å²) < 4.78 is 0.473. The number of carbonyl (C=O) groups is 2. The molecule has 1 atom stereocenters. The molecule has 0 aliphatic carbocycles. The van der Waals surface area contributed by atoms with E-state index in [4.69, 9.17) is 23.2 Å². The number of amides is 1. The zero-order valence-corrected chi connectivity index (χ0v) is 13.8. The number of halogens is 2. The van der Waals surface area contributed by atoms with Crippen LogP contribution in [0.4, 0.5) is 5.69 Å². The van der Waals surface area contributed by atoms with Crippen LogP contribution in [0.1, 0.15) is 27.2 Å². The molecule has 22 heavy (non-hydrogen) atoms. The number of aliphatic hydroxyl groups is 1. The number of benzene rings is 1. The van der Waals surface area contributed by atoms with Gasteiger partial charge in [-0.1, -0.05) is 29.3 Å². The van der Waals surface area contributed by atoms with Gasteiger partial charge in [-0.3, -0.25) is 9.59 Å². The average Bonchev–Trinajstić information content (AvgIpc) is 2.99. The molecule has 2 heterocycles. The fourth-order valence-electron chi connectivity index (χ4n) is 2.53. The maximum Gasteiger partial charge on any atom is 0.261 e. The number of rotatable bonds is 3. The summed E-state index contributed by atoms with van der Waals surface area (Å²) in [7, 11) is 0. The average molecular weight is 356 g/mol. The molecule has 1 aromatic carbocycles. The molecule has 7 heteroatoms. The number of anilines is 1. The molecule has 1 aliphatic rings. The Kier molecular flexibility index (Phi) is 3.77. The Morgan fingerprint density at radius 2 is 2.05 bits per heavy atom. The van der Waals surface area contributed by atoms with Crippen LogP contribution in [0.15, 0.2) is 24.3 Å². The molecule has 0 bridgehead atoms. The van der Waals surface area contributed by atoms with Gasteiger partial charge in [0.2, 0.25) is 0 Å². The second-order valence-electron chi connectivity index (χ2n) is 5.13. The van der Waals surface area contributed by atoms with Crippen LogP contribution in [0.5, 0.6) is 0 Å². The molecule has 0 saturated carbocycles. The lowest BCUT2D eigenvalue weighted by molar-refractivity contribution is -0.133. The smallest absolute Gasteiger partial charge is 0.261 e. The summed E-state index contributed by atoms with van der Waals surface area (Å²) in [4.78, 5) is 25.0. The summed E-state index contributed by atoms with van der Waals surface area (Å²) in [5, 5.41) is 13.7. The molecule has 2 N–H and O–H groups in total. The van der Waals surface area contributed by atoms with Gasteiger partial charge in [0.05, 0.1) is 21.3 Å². The van der Waals surface area contributed by atoms with Crippen molar-refractivity contribution in [1.82, 2.24) is 0 Å². The minimum absolute atomic E-state index is 0.249. The van der Waals surface area contributed by atoms with E-state index < -0.39 is 11.5 Å². The van der Waals surface area contributed by atoms with Crippen molar-refractivity contribution in [2.24, 2.45) is 0 Å². The number of hydrogen-bond donors (Lipinski definition) is 2. The first-order valence-electron chi connectivity index (χ1n) is 6.45. The molecule has 114 valence electrons. The molecule has 3 rings (SSSR count). The largest absolute Gasteiger partial charge is 0.375 e. The summed E-state index contributed by atoms with van der Waals surface area (Å²) in [5.41, 5.74) is -0.464. The molecule has 1 aromatic heterocycles. The maximum absolute atomic E-state index is 12.3. The van der Waals surface area contributed by atoms with Gasteiger partial charge >= 0.3 is 0 Å². The van der Waals surface area contributed by atoms with Crippen LogP contribution in [0.25, 0.3) is 0 Å². The third-order valence-corrected chi connectivity index (χ3v) is 5.24. The van der Waals surface area contributed by atoms with Crippen molar-refractivity contribution in [3.63, 3.8) is 0 Å². The van der Waals surface area contributed by atoms with Crippen LogP contribution < -0.4 is 5.32 Å². The van der Waals surface area contributed by atoms with Crippen molar-refractivity contribution < 1.29 is 14.7 Å². The van der Waals surface area contributed by atoms with E-state index in [-0.39, 0.29) is 22.8 Å². The van der Waals surface area contributed by atoms with E-state index in [0.717, 1.165) is 16.9 Å². The standard InChI is InChI=1S/C15H11Cl2NO3S/c1-7-2-3-8(16)12-13(7)18-14(20)15(12,21)6-9(19)10-4-5-11(17)22-10/h2-5,21H,6H2,1H3,(H,18,20)/t15-/m1/s1. The number of fused-ring (bicyclic) bond motifs is 1. The Morgan fingerprint density at radius 3 is 2.68 bits per heavy atom. The highest BCUT2D eigenvalue weighted by Gasteiger charge is 2.48. The predicted molar refractivity (Wildman–Crippen MR) is 87.0 cm³/mol. The Labute approximate surface area is 140 Å². The van der Waals surface area contributed by atoms with Crippen LogP contribution in [0, 0.1) is 6.92 Å². The van der Waals surface area contributed by atoms with E-state index in [1.54, 1.807) is 31.2 Å². The molecular formula is C15H11Cl2NO3S. The van der Waals surface area contributed by atoms with E-state index in [1.165, 1.54) is 0 Å². The van der Waals surface area contributed by atoms with Gasteiger partial charge in [-0.25, -0.2) is 0 Å². The van der Waals surface area contributed by atoms with Gasteiger partial charge < -0.3 is 10.4 Å². The second-order valence-corrected chi connectivity index (χ2v) is 7.25. The number of hydrogen-bond acceptors (Lipinski definition) is 4. The Hall–Kier alpha value is -1.40. The SMILES string of the molecule is Cc1ccc(Cl)c2c1NC(=O)[C@@]2(O)CC(=O)c1ccc(Cl)s1. The molecule has 2 aromatic rings. The minimum atomic E-state index is -1.97. The molecule has 1 aliphatic heterocycles. The fraction of sp³-hybridized carbons (Fsp3) is 0.200. The lowest BCUT2D eigenvalue weighted by atomic mass is 9.88. The van der Waals surface area contributed by atoms with Crippen molar-refractivity contribution in [3.8, 4) is 0 Å². The van der Waals surface area contributed by atoms with Crippen molar-refractivity contribution in [2.45, 2.75) is 18.9 Å². The van der Waals surface area contributed by atoms with Gasteiger partial charge in [0, 0.05) is 10.6 Å². The fourth-order valence-corrected chi connectivity index (χ4v) is 3.82. The van der Waals surface area contributed by atoms with Crippen LogP contribution in [-0.2, 0) is 10.4 Å².